The smallest absolute Gasteiger partial charge is 0.0208 e. The summed E-state index contributed by atoms with van der Waals surface area (Å²) >= 11 is 9.34. The molecule has 70 valence electrons. The molecule has 0 bridgehead atoms. The van der Waals surface area contributed by atoms with Crippen molar-refractivity contribution in [2.24, 2.45) is 0 Å². The zero-order chi connectivity index (χ0) is 9.26. The van der Waals surface area contributed by atoms with Crippen LogP contribution in [0.4, 0.5) is 0 Å². The maximum Gasteiger partial charge on any atom is 0.0208 e. The van der Waals surface area contributed by atoms with E-state index in [0.29, 0.717) is 5.92 Å². The van der Waals surface area contributed by atoms with E-state index < -0.39 is 0 Å². The molecule has 1 heterocycles. The van der Waals surface area contributed by atoms with Gasteiger partial charge in [0.25, 0.3) is 0 Å². The average Bonchev–Trinajstić information content (AvgIpc) is 2.53. The molecule has 1 aliphatic rings. The normalized spacial score (nSPS) is 23.7. The third-order valence-corrected chi connectivity index (χ3v) is 3.32. The Balaban J connectivity index is 2.13. The van der Waals surface area contributed by atoms with Crippen molar-refractivity contribution in [3.05, 3.63) is 34.3 Å². The molecule has 3 heteroatoms. The maximum atomic E-state index is 5.91. The van der Waals surface area contributed by atoms with E-state index >= 15 is 0 Å². The van der Waals surface area contributed by atoms with Gasteiger partial charge in [0, 0.05) is 17.6 Å². The van der Waals surface area contributed by atoms with Crippen molar-refractivity contribution in [2.75, 3.05) is 13.1 Å². The van der Waals surface area contributed by atoms with Gasteiger partial charge in [-0.2, -0.15) is 0 Å². The van der Waals surface area contributed by atoms with Crippen molar-refractivity contribution in [3.63, 3.8) is 0 Å². The zero-order valence-corrected chi connectivity index (χ0v) is 9.55. The molecule has 2 rings (SSSR count). The van der Waals surface area contributed by atoms with Crippen LogP contribution in [0.3, 0.4) is 0 Å². The number of benzene rings is 1. The van der Waals surface area contributed by atoms with Crippen molar-refractivity contribution in [1.29, 1.82) is 0 Å². The Morgan fingerprint density at radius 2 is 2.00 bits per heavy atom. The molecule has 1 aromatic rings. The monoisotopic (exact) mass is 259 g/mol. The first-order valence-corrected chi connectivity index (χ1v) is 5.55. The van der Waals surface area contributed by atoms with Gasteiger partial charge in [0.05, 0.1) is 0 Å². The summed E-state index contributed by atoms with van der Waals surface area (Å²) in [6.07, 6.45) is 1.17. The Hall–Kier alpha value is -0.0500. The van der Waals surface area contributed by atoms with Gasteiger partial charge < -0.3 is 0 Å². The van der Waals surface area contributed by atoms with Gasteiger partial charge in [-0.25, -0.2) is 4.42 Å². The standard InChI is InChI=1S/C10H11BrClN/c11-10-3-1-8(2-4-10)9-5-6-13(12)7-9/h1-4,9H,5-7H2. The molecular formula is C10H11BrClN. The molecule has 1 unspecified atom stereocenters. The first-order valence-electron chi connectivity index (χ1n) is 4.42. The van der Waals surface area contributed by atoms with Gasteiger partial charge in [0.1, 0.15) is 0 Å². The summed E-state index contributed by atoms with van der Waals surface area (Å²) in [6, 6.07) is 8.52. The van der Waals surface area contributed by atoms with Gasteiger partial charge in [-0.1, -0.05) is 28.1 Å². The summed E-state index contributed by atoms with van der Waals surface area (Å²) in [6.45, 7) is 1.98. The van der Waals surface area contributed by atoms with Crippen LogP contribution in [0.2, 0.25) is 0 Å². The van der Waals surface area contributed by atoms with Crippen molar-refractivity contribution in [2.45, 2.75) is 12.3 Å². The molecule has 1 fully saturated rings. The van der Waals surface area contributed by atoms with Gasteiger partial charge in [0.2, 0.25) is 0 Å². The van der Waals surface area contributed by atoms with Crippen LogP contribution in [0.5, 0.6) is 0 Å². The minimum Gasteiger partial charge on any atom is -0.220 e. The molecule has 0 spiro atoms. The Morgan fingerprint density at radius 3 is 2.54 bits per heavy atom. The number of hydrogen-bond donors (Lipinski definition) is 0. The second-order valence-corrected chi connectivity index (χ2v) is 4.80. The molecule has 0 radical (unpaired) electrons. The van der Waals surface area contributed by atoms with E-state index in [1.807, 2.05) is 4.42 Å². The Labute approximate surface area is 91.9 Å². The zero-order valence-electron chi connectivity index (χ0n) is 7.21. The highest BCUT2D eigenvalue weighted by Gasteiger charge is 2.21. The molecule has 0 N–H and O–H groups in total. The molecule has 0 aromatic heterocycles. The summed E-state index contributed by atoms with van der Waals surface area (Å²) < 4.78 is 3.00. The van der Waals surface area contributed by atoms with E-state index in [2.05, 4.69) is 40.2 Å². The minimum atomic E-state index is 0.616. The van der Waals surface area contributed by atoms with Crippen LogP contribution in [0, 0.1) is 0 Å². The highest BCUT2D eigenvalue weighted by molar-refractivity contribution is 9.10. The Kier molecular flexibility index (Phi) is 2.92. The fraction of sp³-hybridized carbons (Fsp3) is 0.400. The molecule has 1 atom stereocenters. The van der Waals surface area contributed by atoms with Crippen LogP contribution in [0.15, 0.2) is 28.7 Å². The summed E-state index contributed by atoms with van der Waals surface area (Å²) in [5.74, 6) is 0.616. The lowest BCUT2D eigenvalue weighted by atomic mass is 9.99. The highest BCUT2D eigenvalue weighted by Crippen LogP contribution is 2.28. The van der Waals surface area contributed by atoms with E-state index in [4.69, 9.17) is 11.8 Å². The van der Waals surface area contributed by atoms with Gasteiger partial charge in [0.15, 0.2) is 0 Å². The lowest BCUT2D eigenvalue weighted by Gasteiger charge is -2.09. The molecule has 13 heavy (non-hydrogen) atoms. The van der Waals surface area contributed by atoms with E-state index in [0.717, 1.165) is 17.6 Å². The van der Waals surface area contributed by atoms with Crippen LogP contribution in [-0.4, -0.2) is 17.5 Å². The molecule has 0 aliphatic carbocycles. The van der Waals surface area contributed by atoms with Crippen LogP contribution < -0.4 is 0 Å². The molecule has 1 aliphatic heterocycles. The first-order chi connectivity index (χ1) is 6.25. The molecule has 1 nitrogen and oxygen atoms in total. The molecular weight excluding hydrogens is 249 g/mol. The first kappa shape index (κ1) is 9.50. The largest absolute Gasteiger partial charge is 0.220 e. The predicted octanol–water partition coefficient (Wildman–Crippen LogP) is 3.39. The van der Waals surface area contributed by atoms with Crippen LogP contribution >= 0.6 is 27.7 Å². The fourth-order valence-corrected chi connectivity index (χ4v) is 2.25. The van der Waals surface area contributed by atoms with Gasteiger partial charge in [-0.05, 0) is 41.8 Å². The third kappa shape index (κ3) is 2.25. The second kappa shape index (κ2) is 3.99. The van der Waals surface area contributed by atoms with Crippen LogP contribution in [0.25, 0.3) is 0 Å². The predicted molar refractivity (Wildman–Crippen MR) is 58.9 cm³/mol. The van der Waals surface area contributed by atoms with Crippen molar-refractivity contribution in [3.8, 4) is 0 Å². The lowest BCUT2D eigenvalue weighted by Crippen LogP contribution is -2.06. The van der Waals surface area contributed by atoms with Crippen molar-refractivity contribution >= 4 is 27.7 Å². The molecule has 1 aromatic carbocycles. The Bertz CT molecular complexity index is 285. The van der Waals surface area contributed by atoms with Gasteiger partial charge >= 0.3 is 0 Å². The topological polar surface area (TPSA) is 3.24 Å². The number of nitrogens with zero attached hydrogens (tertiary/aromatic N) is 1. The summed E-state index contributed by atoms with van der Waals surface area (Å²) in [4.78, 5) is 0. The SMILES string of the molecule is ClN1CCC(c2ccc(Br)cc2)C1. The average molecular weight is 261 g/mol. The van der Waals surface area contributed by atoms with E-state index in [-0.39, 0.29) is 0 Å². The minimum absolute atomic E-state index is 0.616. The van der Waals surface area contributed by atoms with E-state index in [1.165, 1.54) is 12.0 Å². The fourth-order valence-electron chi connectivity index (χ4n) is 1.72. The van der Waals surface area contributed by atoms with E-state index in [1.54, 1.807) is 0 Å². The van der Waals surface area contributed by atoms with Crippen LogP contribution in [0.1, 0.15) is 17.9 Å². The van der Waals surface area contributed by atoms with Crippen molar-refractivity contribution in [1.82, 2.24) is 4.42 Å². The second-order valence-electron chi connectivity index (χ2n) is 3.41. The molecule has 0 amide bonds. The van der Waals surface area contributed by atoms with Gasteiger partial charge in [-0.15, -0.1) is 0 Å². The number of rotatable bonds is 1. The Morgan fingerprint density at radius 1 is 1.31 bits per heavy atom. The lowest BCUT2D eigenvalue weighted by molar-refractivity contribution is 0.556. The summed E-state index contributed by atoms with van der Waals surface area (Å²) in [5.41, 5.74) is 1.39. The summed E-state index contributed by atoms with van der Waals surface area (Å²) in [7, 11) is 0. The number of halogens is 2. The summed E-state index contributed by atoms with van der Waals surface area (Å²) in [5, 5.41) is 0. The highest BCUT2D eigenvalue weighted by atomic mass is 79.9. The quantitative estimate of drug-likeness (QED) is 0.700. The van der Waals surface area contributed by atoms with Gasteiger partial charge in [-0.3, -0.25) is 0 Å². The van der Waals surface area contributed by atoms with Crippen molar-refractivity contribution < 1.29 is 0 Å². The third-order valence-electron chi connectivity index (χ3n) is 2.48. The van der Waals surface area contributed by atoms with Crippen LogP contribution in [-0.2, 0) is 0 Å². The maximum absolute atomic E-state index is 5.91. The molecule has 1 saturated heterocycles. The van der Waals surface area contributed by atoms with E-state index in [9.17, 15) is 0 Å². The number of hydrogen-bond acceptors (Lipinski definition) is 1. The molecule has 0 saturated carbocycles.